The van der Waals surface area contributed by atoms with Crippen molar-refractivity contribution in [2.75, 3.05) is 11.9 Å². The molecule has 5 aliphatic rings. The topological polar surface area (TPSA) is 87.5 Å². The van der Waals surface area contributed by atoms with Crippen LogP contribution in [0.2, 0.25) is 5.02 Å². The molecule has 9 heteroatoms. The van der Waals surface area contributed by atoms with Gasteiger partial charge < -0.3 is 10.4 Å². The Bertz CT molecular complexity index is 1710. The number of carboxylic acid groups (broad SMARTS) is 1. The second kappa shape index (κ2) is 8.44. The Morgan fingerprint density at radius 1 is 1.20 bits per heavy atom. The van der Waals surface area contributed by atoms with E-state index in [2.05, 4.69) is 21.0 Å². The number of amides is 1. The molecule has 1 saturated heterocycles. The average Bonchev–Trinajstić information content (AvgIpc) is 3.26. The molecular formula is C31H28Cl2N4O3. The number of hydrogen-bond acceptors (Lipinski definition) is 4. The van der Waals surface area contributed by atoms with Crippen molar-refractivity contribution in [3.05, 3.63) is 81.0 Å². The second-order valence-electron chi connectivity index (χ2n) is 11.9. The predicted molar refractivity (Wildman–Crippen MR) is 154 cm³/mol. The van der Waals surface area contributed by atoms with Gasteiger partial charge in [-0.1, -0.05) is 47.5 Å². The highest BCUT2D eigenvalue weighted by Gasteiger charge is 2.69. The van der Waals surface area contributed by atoms with Crippen LogP contribution in [0.25, 0.3) is 10.9 Å². The minimum absolute atomic E-state index is 0.0304. The number of aromatic nitrogens is 2. The molecular weight excluding hydrogens is 547 g/mol. The van der Waals surface area contributed by atoms with Crippen molar-refractivity contribution in [2.45, 2.75) is 50.2 Å². The van der Waals surface area contributed by atoms with Crippen LogP contribution in [0.1, 0.15) is 52.5 Å². The van der Waals surface area contributed by atoms with Gasteiger partial charge in [-0.2, -0.15) is 5.10 Å². The molecule has 4 heterocycles. The zero-order valence-electron chi connectivity index (χ0n) is 21.9. The number of carbonyl (C=O) groups excluding carboxylic acids is 1. The zero-order valence-corrected chi connectivity index (χ0v) is 23.4. The monoisotopic (exact) mass is 574 g/mol. The Morgan fingerprint density at radius 3 is 2.75 bits per heavy atom. The van der Waals surface area contributed by atoms with E-state index < -0.39 is 11.5 Å². The van der Waals surface area contributed by atoms with Gasteiger partial charge in [0.15, 0.2) is 0 Å². The van der Waals surface area contributed by atoms with E-state index in [0.717, 1.165) is 52.3 Å². The van der Waals surface area contributed by atoms with Crippen LogP contribution < -0.4 is 5.32 Å². The molecule has 2 unspecified atom stereocenters. The third-order valence-electron chi connectivity index (χ3n) is 9.93. The first-order valence-electron chi connectivity index (χ1n) is 14.0. The fraction of sp³-hybridized carbons (Fsp3) is 0.387. The smallest absolute Gasteiger partial charge is 0.336 e. The van der Waals surface area contributed by atoms with Crippen LogP contribution in [-0.4, -0.2) is 44.3 Å². The molecule has 0 radical (unpaired) electrons. The number of aromatic carboxylic acids is 1. The molecule has 1 aromatic heterocycles. The number of benzene rings is 2. The van der Waals surface area contributed by atoms with Gasteiger partial charge in [0.05, 0.1) is 17.1 Å². The molecule has 8 rings (SSSR count). The summed E-state index contributed by atoms with van der Waals surface area (Å²) in [4.78, 5) is 28.9. The Morgan fingerprint density at radius 2 is 2.02 bits per heavy atom. The first-order chi connectivity index (χ1) is 19.3. The molecule has 1 amide bonds. The first kappa shape index (κ1) is 24.6. The molecule has 7 nitrogen and oxygen atoms in total. The van der Waals surface area contributed by atoms with Crippen LogP contribution in [0.3, 0.4) is 0 Å². The number of carbonyl (C=O) groups is 2. The number of carboxylic acids is 1. The van der Waals surface area contributed by atoms with Crippen molar-refractivity contribution in [3.8, 4) is 0 Å². The lowest BCUT2D eigenvalue weighted by Gasteiger charge is -2.41. The molecule has 3 aromatic rings. The number of hydrogen-bond donors (Lipinski definition) is 2. The minimum atomic E-state index is -0.956. The lowest BCUT2D eigenvalue weighted by Crippen LogP contribution is -2.54. The van der Waals surface area contributed by atoms with E-state index in [-0.39, 0.29) is 35.4 Å². The summed E-state index contributed by atoms with van der Waals surface area (Å²) in [6.07, 6.45) is 10.1. The summed E-state index contributed by atoms with van der Waals surface area (Å²) >= 11 is 13.3. The molecule has 2 aromatic carbocycles. The van der Waals surface area contributed by atoms with Crippen LogP contribution in [0.15, 0.2) is 53.6 Å². The number of fused-ring (bicyclic) bond motifs is 7. The SMILES string of the molecule is Cc1c(C(=O)O)ccc2c3n(nc12)[C@H]1C(C2C=CC=C2Cl)[C@]2(C(=O)Nc4cc(Cl)ccc42)N(CC2CC2)[C@H]1CC3. The van der Waals surface area contributed by atoms with Crippen molar-refractivity contribution in [3.63, 3.8) is 0 Å². The van der Waals surface area contributed by atoms with Crippen molar-refractivity contribution < 1.29 is 14.7 Å². The number of aryl methyl sites for hydroxylation is 2. The molecule has 5 atom stereocenters. The molecule has 2 N–H and O–H groups in total. The van der Waals surface area contributed by atoms with E-state index in [1.807, 2.05) is 43.3 Å². The summed E-state index contributed by atoms with van der Waals surface area (Å²) in [7, 11) is 0. The molecule has 2 aliphatic carbocycles. The summed E-state index contributed by atoms with van der Waals surface area (Å²) in [5.41, 5.74) is 3.52. The number of halogens is 2. The number of nitrogens with one attached hydrogen (secondary N) is 1. The number of allylic oxidation sites excluding steroid dienone is 4. The van der Waals surface area contributed by atoms with Gasteiger partial charge in [0.2, 0.25) is 5.91 Å². The maximum Gasteiger partial charge on any atom is 0.336 e. The molecule has 40 heavy (non-hydrogen) atoms. The van der Waals surface area contributed by atoms with Crippen LogP contribution in [-0.2, 0) is 16.8 Å². The highest BCUT2D eigenvalue weighted by molar-refractivity contribution is 6.31. The summed E-state index contributed by atoms with van der Waals surface area (Å²) in [6, 6.07) is 9.26. The van der Waals surface area contributed by atoms with Crippen molar-refractivity contribution in [2.24, 2.45) is 17.8 Å². The van der Waals surface area contributed by atoms with Gasteiger partial charge in [0.25, 0.3) is 0 Å². The standard InChI is InChI=1S/C31H28Cl2N4O3/c1-15-18(29(38)39)8-9-20-24-11-12-25-28(37(24)35-27(15)20)26(19-3-2-4-22(19)33)31(36(25)14-16-5-6-16)21-10-7-17(32)13-23(21)34-30(31)40/h2-4,7-10,13,16,19,25-26,28H,5-6,11-12,14H2,1H3,(H,34,40)(H,38,39)/t19?,25-,26?,28+,31+/m0/s1. The van der Waals surface area contributed by atoms with Crippen LogP contribution in [0.4, 0.5) is 5.69 Å². The summed E-state index contributed by atoms with van der Waals surface area (Å²) in [5.74, 6) is -0.822. The highest BCUT2D eigenvalue weighted by Crippen LogP contribution is 2.63. The largest absolute Gasteiger partial charge is 0.478 e. The first-order valence-corrected chi connectivity index (χ1v) is 14.7. The number of rotatable bonds is 4. The Balaban J connectivity index is 1.40. The average molecular weight is 575 g/mol. The lowest BCUT2D eigenvalue weighted by atomic mass is 9.70. The Labute approximate surface area is 241 Å². The maximum absolute atomic E-state index is 14.5. The van der Waals surface area contributed by atoms with Gasteiger partial charge in [-0.3, -0.25) is 14.4 Å². The third kappa shape index (κ3) is 3.14. The van der Waals surface area contributed by atoms with Gasteiger partial charge in [0, 0.05) is 56.8 Å². The fourth-order valence-electron chi connectivity index (χ4n) is 8.13. The predicted octanol–water partition coefficient (Wildman–Crippen LogP) is 6.05. The Hall–Kier alpha value is -3.13. The fourth-order valence-corrected chi connectivity index (χ4v) is 8.58. The van der Waals surface area contributed by atoms with Crippen molar-refractivity contribution in [1.82, 2.24) is 14.7 Å². The van der Waals surface area contributed by atoms with Gasteiger partial charge in [0.1, 0.15) is 5.54 Å². The van der Waals surface area contributed by atoms with Crippen LogP contribution in [0.5, 0.6) is 0 Å². The molecule has 2 fully saturated rings. The quantitative estimate of drug-likeness (QED) is 0.396. The van der Waals surface area contributed by atoms with E-state index >= 15 is 0 Å². The van der Waals surface area contributed by atoms with Crippen LogP contribution in [0, 0.1) is 24.7 Å². The summed E-state index contributed by atoms with van der Waals surface area (Å²) in [6.45, 7) is 2.67. The van der Waals surface area contributed by atoms with Crippen molar-refractivity contribution in [1.29, 1.82) is 0 Å². The zero-order chi connectivity index (χ0) is 27.5. The normalized spacial score (nSPS) is 30.5. The molecule has 1 spiro atoms. The highest BCUT2D eigenvalue weighted by atomic mass is 35.5. The summed E-state index contributed by atoms with van der Waals surface area (Å²) in [5, 5.41) is 20.4. The van der Waals surface area contributed by atoms with Crippen LogP contribution >= 0.6 is 23.2 Å². The number of nitrogens with zero attached hydrogens (tertiary/aromatic N) is 3. The maximum atomic E-state index is 14.5. The van der Waals surface area contributed by atoms with E-state index in [4.69, 9.17) is 28.3 Å². The molecule has 3 aliphatic heterocycles. The van der Waals surface area contributed by atoms with E-state index in [1.165, 1.54) is 12.8 Å². The molecule has 1 saturated carbocycles. The minimum Gasteiger partial charge on any atom is -0.478 e. The second-order valence-corrected chi connectivity index (χ2v) is 12.8. The van der Waals surface area contributed by atoms with Crippen molar-refractivity contribution >= 4 is 51.7 Å². The van der Waals surface area contributed by atoms with Gasteiger partial charge in [-0.25, -0.2) is 4.79 Å². The molecule has 0 bridgehead atoms. The van der Waals surface area contributed by atoms with Gasteiger partial charge >= 0.3 is 5.97 Å². The van der Waals surface area contributed by atoms with Gasteiger partial charge in [-0.05, 0) is 68.4 Å². The Kier molecular flexibility index (Phi) is 5.20. The van der Waals surface area contributed by atoms with E-state index in [1.54, 1.807) is 6.07 Å². The van der Waals surface area contributed by atoms with Gasteiger partial charge in [-0.15, -0.1) is 0 Å². The van der Waals surface area contributed by atoms with E-state index in [9.17, 15) is 14.7 Å². The third-order valence-corrected chi connectivity index (χ3v) is 10.5. The number of anilines is 1. The number of likely N-dealkylation sites (tertiary alicyclic amines) is 1. The summed E-state index contributed by atoms with van der Waals surface area (Å²) < 4.78 is 2.13. The molecule has 204 valence electrons. The lowest BCUT2D eigenvalue weighted by molar-refractivity contribution is -0.130. The van der Waals surface area contributed by atoms with E-state index in [0.29, 0.717) is 16.5 Å².